The highest BCUT2D eigenvalue weighted by molar-refractivity contribution is 7.92. The van der Waals surface area contributed by atoms with Gasteiger partial charge in [0.25, 0.3) is 5.91 Å². The second-order valence-corrected chi connectivity index (χ2v) is 9.26. The lowest BCUT2D eigenvalue weighted by atomic mass is 10.2. The SMILES string of the molecule is CCS(=O)(=O)N1C[C@H](C(=O)N(C)Cc2nc(-c3ccccc3)no2)Oc2ccccc21. The zero-order chi connectivity index (χ0) is 22.0. The first-order valence-corrected chi connectivity index (χ1v) is 11.4. The van der Waals surface area contributed by atoms with Gasteiger partial charge in [0.2, 0.25) is 21.7 Å². The first-order chi connectivity index (χ1) is 14.9. The molecule has 3 aromatic rings. The Hall–Kier alpha value is -3.40. The minimum absolute atomic E-state index is 0.0701. The Labute approximate surface area is 180 Å². The Balaban J connectivity index is 1.51. The van der Waals surface area contributed by atoms with Crippen LogP contribution in [0.4, 0.5) is 5.69 Å². The lowest BCUT2D eigenvalue weighted by molar-refractivity contribution is -0.138. The third-order valence-corrected chi connectivity index (χ3v) is 6.71. The van der Waals surface area contributed by atoms with Crippen molar-refractivity contribution in [2.24, 2.45) is 0 Å². The van der Waals surface area contributed by atoms with E-state index in [-0.39, 0.29) is 30.6 Å². The molecular weight excluding hydrogens is 420 g/mol. The molecule has 4 rings (SSSR count). The molecule has 162 valence electrons. The maximum absolute atomic E-state index is 13.0. The second-order valence-electron chi connectivity index (χ2n) is 7.08. The number of hydrogen-bond donors (Lipinski definition) is 0. The number of likely N-dealkylation sites (N-methyl/N-ethyl adjacent to an activating group) is 1. The van der Waals surface area contributed by atoms with Crippen LogP contribution >= 0.6 is 0 Å². The number of hydrogen-bond acceptors (Lipinski definition) is 7. The van der Waals surface area contributed by atoms with Gasteiger partial charge in [0.05, 0.1) is 24.5 Å². The molecule has 2 heterocycles. The van der Waals surface area contributed by atoms with Crippen molar-refractivity contribution in [1.29, 1.82) is 0 Å². The molecular formula is C21H22N4O5S. The van der Waals surface area contributed by atoms with Gasteiger partial charge in [-0.1, -0.05) is 47.6 Å². The lowest BCUT2D eigenvalue weighted by Crippen LogP contribution is -2.51. The van der Waals surface area contributed by atoms with Crippen molar-refractivity contribution in [2.45, 2.75) is 19.6 Å². The first-order valence-electron chi connectivity index (χ1n) is 9.78. The van der Waals surface area contributed by atoms with Gasteiger partial charge in [-0.2, -0.15) is 4.98 Å². The van der Waals surface area contributed by atoms with Crippen LogP contribution in [-0.4, -0.2) is 54.8 Å². The number of aromatic nitrogens is 2. The van der Waals surface area contributed by atoms with Crippen LogP contribution in [-0.2, 0) is 21.4 Å². The minimum Gasteiger partial charge on any atom is -0.476 e. The molecule has 1 aliphatic rings. The van der Waals surface area contributed by atoms with E-state index in [0.29, 0.717) is 17.3 Å². The van der Waals surface area contributed by atoms with E-state index in [1.807, 2.05) is 30.3 Å². The first kappa shape index (κ1) is 20.9. The topological polar surface area (TPSA) is 106 Å². The Bertz CT molecular complexity index is 1180. The number of rotatable bonds is 6. The van der Waals surface area contributed by atoms with E-state index >= 15 is 0 Å². The standard InChI is InChI=1S/C21H22N4O5S/c1-3-31(27,28)25-13-18(29-17-12-8-7-11-16(17)25)21(26)24(2)14-19-22-20(23-30-19)15-9-5-4-6-10-15/h4-12,18H,3,13-14H2,1-2H3/t18-/m1/s1. The summed E-state index contributed by atoms with van der Waals surface area (Å²) in [4.78, 5) is 18.8. The largest absolute Gasteiger partial charge is 0.476 e. The fourth-order valence-corrected chi connectivity index (χ4v) is 4.42. The molecule has 0 saturated carbocycles. The Morgan fingerprint density at radius 1 is 1.16 bits per heavy atom. The number of nitrogens with zero attached hydrogens (tertiary/aromatic N) is 4. The monoisotopic (exact) mass is 442 g/mol. The van der Waals surface area contributed by atoms with Crippen LogP contribution in [0.5, 0.6) is 5.75 Å². The van der Waals surface area contributed by atoms with Gasteiger partial charge >= 0.3 is 0 Å². The van der Waals surface area contributed by atoms with Crippen molar-refractivity contribution in [1.82, 2.24) is 15.0 Å². The molecule has 0 radical (unpaired) electrons. The van der Waals surface area contributed by atoms with Gasteiger partial charge in [-0.3, -0.25) is 9.10 Å². The van der Waals surface area contributed by atoms with Crippen LogP contribution in [0.25, 0.3) is 11.4 Å². The molecule has 0 fully saturated rings. The third kappa shape index (κ3) is 4.24. The normalized spacial score (nSPS) is 15.8. The van der Waals surface area contributed by atoms with E-state index in [2.05, 4.69) is 10.1 Å². The zero-order valence-corrected chi connectivity index (χ0v) is 17.9. The summed E-state index contributed by atoms with van der Waals surface area (Å²) in [6, 6.07) is 16.1. The van der Waals surface area contributed by atoms with E-state index < -0.39 is 16.1 Å². The molecule has 1 aromatic heterocycles. The summed E-state index contributed by atoms with van der Waals surface area (Å²) in [6.45, 7) is 1.53. The quantitative estimate of drug-likeness (QED) is 0.577. The number of sulfonamides is 1. The summed E-state index contributed by atoms with van der Waals surface area (Å²) >= 11 is 0. The molecule has 0 aliphatic carbocycles. The number of ether oxygens (including phenoxy) is 1. The van der Waals surface area contributed by atoms with Crippen LogP contribution in [0.3, 0.4) is 0 Å². The fraction of sp³-hybridized carbons (Fsp3) is 0.286. The molecule has 9 nitrogen and oxygen atoms in total. The fourth-order valence-electron chi connectivity index (χ4n) is 3.30. The van der Waals surface area contributed by atoms with Crippen molar-refractivity contribution in [3.8, 4) is 17.1 Å². The van der Waals surface area contributed by atoms with E-state index in [0.717, 1.165) is 5.56 Å². The van der Waals surface area contributed by atoms with E-state index in [1.54, 1.807) is 38.2 Å². The predicted octanol–water partition coefficient (Wildman–Crippen LogP) is 2.31. The summed E-state index contributed by atoms with van der Waals surface area (Å²) in [5.74, 6) is 0.581. The summed E-state index contributed by atoms with van der Waals surface area (Å²) in [5, 5.41) is 3.95. The van der Waals surface area contributed by atoms with E-state index in [4.69, 9.17) is 9.26 Å². The van der Waals surface area contributed by atoms with Gasteiger partial charge in [-0.05, 0) is 19.1 Å². The molecule has 1 amide bonds. The van der Waals surface area contributed by atoms with E-state index in [1.165, 1.54) is 9.21 Å². The molecule has 1 aliphatic heterocycles. The number of fused-ring (bicyclic) bond motifs is 1. The summed E-state index contributed by atoms with van der Waals surface area (Å²) < 4.78 is 37.5. The third-order valence-electron chi connectivity index (χ3n) is 4.96. The average Bonchev–Trinajstić information content (AvgIpc) is 3.26. The van der Waals surface area contributed by atoms with Crippen LogP contribution in [0.1, 0.15) is 12.8 Å². The van der Waals surface area contributed by atoms with Gasteiger partial charge in [-0.15, -0.1) is 0 Å². The zero-order valence-electron chi connectivity index (χ0n) is 17.1. The number of benzene rings is 2. The summed E-state index contributed by atoms with van der Waals surface area (Å²) in [5.41, 5.74) is 1.24. The van der Waals surface area contributed by atoms with Gasteiger partial charge < -0.3 is 14.2 Å². The number of para-hydroxylation sites is 2. The Morgan fingerprint density at radius 3 is 2.61 bits per heavy atom. The highest BCUT2D eigenvalue weighted by Crippen LogP contribution is 2.35. The van der Waals surface area contributed by atoms with Crippen LogP contribution in [0.2, 0.25) is 0 Å². The number of anilines is 1. The molecule has 1 atom stereocenters. The van der Waals surface area contributed by atoms with Crippen molar-refractivity contribution in [2.75, 3.05) is 23.7 Å². The molecule has 2 aromatic carbocycles. The molecule has 0 saturated heterocycles. The number of amides is 1. The molecule has 0 spiro atoms. The van der Waals surface area contributed by atoms with Crippen molar-refractivity contribution in [3.05, 3.63) is 60.5 Å². The van der Waals surface area contributed by atoms with Gasteiger partial charge in [0.15, 0.2) is 6.10 Å². The van der Waals surface area contributed by atoms with Gasteiger partial charge in [0.1, 0.15) is 5.75 Å². The Morgan fingerprint density at radius 2 is 1.87 bits per heavy atom. The summed E-state index contributed by atoms with van der Waals surface area (Å²) in [6.07, 6.45) is -0.988. The molecule has 31 heavy (non-hydrogen) atoms. The average molecular weight is 442 g/mol. The molecule has 0 N–H and O–H groups in total. The van der Waals surface area contributed by atoms with Crippen LogP contribution in [0.15, 0.2) is 59.1 Å². The van der Waals surface area contributed by atoms with Gasteiger partial charge in [-0.25, -0.2) is 8.42 Å². The number of carbonyl (C=O) groups excluding carboxylic acids is 1. The predicted molar refractivity (Wildman–Crippen MR) is 114 cm³/mol. The van der Waals surface area contributed by atoms with Crippen molar-refractivity contribution < 1.29 is 22.5 Å². The second kappa shape index (κ2) is 8.38. The van der Waals surface area contributed by atoms with E-state index in [9.17, 15) is 13.2 Å². The Kier molecular flexibility index (Phi) is 5.64. The maximum Gasteiger partial charge on any atom is 0.265 e. The van der Waals surface area contributed by atoms with Gasteiger partial charge in [0, 0.05) is 12.6 Å². The summed E-state index contributed by atoms with van der Waals surface area (Å²) in [7, 11) is -1.99. The van der Waals surface area contributed by atoms with Crippen LogP contribution < -0.4 is 9.04 Å². The van der Waals surface area contributed by atoms with Crippen molar-refractivity contribution in [3.63, 3.8) is 0 Å². The van der Waals surface area contributed by atoms with Crippen molar-refractivity contribution >= 4 is 21.6 Å². The molecule has 10 heteroatoms. The maximum atomic E-state index is 13.0. The molecule has 0 unspecified atom stereocenters. The highest BCUT2D eigenvalue weighted by Gasteiger charge is 2.37. The van der Waals surface area contributed by atoms with Crippen LogP contribution in [0, 0.1) is 0 Å². The highest BCUT2D eigenvalue weighted by atomic mass is 32.2. The minimum atomic E-state index is -3.57. The molecule has 0 bridgehead atoms. The number of carbonyl (C=O) groups is 1. The smallest absolute Gasteiger partial charge is 0.265 e. The lowest BCUT2D eigenvalue weighted by Gasteiger charge is -2.35.